The molecule has 2 amide bonds. The summed E-state index contributed by atoms with van der Waals surface area (Å²) in [5.74, 6) is 1.65. The fourth-order valence-electron chi connectivity index (χ4n) is 3.12. The zero-order valence-corrected chi connectivity index (χ0v) is 16.2. The van der Waals surface area contributed by atoms with E-state index in [-0.39, 0.29) is 12.6 Å². The van der Waals surface area contributed by atoms with E-state index >= 15 is 0 Å². The van der Waals surface area contributed by atoms with E-state index in [1.165, 1.54) is 0 Å². The van der Waals surface area contributed by atoms with Crippen LogP contribution in [0.25, 0.3) is 0 Å². The van der Waals surface area contributed by atoms with E-state index in [1.807, 2.05) is 30.0 Å². The van der Waals surface area contributed by atoms with Crippen LogP contribution in [0.5, 0.6) is 0 Å². The molecule has 2 aliphatic heterocycles. The third-order valence-electron chi connectivity index (χ3n) is 4.35. The monoisotopic (exact) mass is 395 g/mol. The first-order valence-electron chi connectivity index (χ1n) is 8.62. The van der Waals surface area contributed by atoms with Gasteiger partial charge in [-0.2, -0.15) is 11.8 Å². The highest BCUT2D eigenvalue weighted by Crippen LogP contribution is 2.32. The van der Waals surface area contributed by atoms with Crippen LogP contribution in [0.15, 0.2) is 35.5 Å². The summed E-state index contributed by atoms with van der Waals surface area (Å²) in [6.45, 7) is 4.37. The Morgan fingerprint density at radius 2 is 2.08 bits per heavy atom. The van der Waals surface area contributed by atoms with E-state index in [9.17, 15) is 9.59 Å². The molecular formula is C18H22ClN3O3S. The molecule has 0 saturated carbocycles. The van der Waals surface area contributed by atoms with Gasteiger partial charge in [0.1, 0.15) is 0 Å². The van der Waals surface area contributed by atoms with E-state index in [0.29, 0.717) is 28.4 Å². The Hall–Kier alpha value is -1.70. The molecule has 6 nitrogen and oxygen atoms in total. The van der Waals surface area contributed by atoms with Crippen molar-refractivity contribution < 1.29 is 14.3 Å². The summed E-state index contributed by atoms with van der Waals surface area (Å²) < 4.78 is 5.27. The second-order valence-corrected chi connectivity index (χ2v) is 7.69. The van der Waals surface area contributed by atoms with Gasteiger partial charge in [-0.1, -0.05) is 29.8 Å². The summed E-state index contributed by atoms with van der Waals surface area (Å²) in [7, 11) is 0. The number of halogens is 1. The van der Waals surface area contributed by atoms with Crippen molar-refractivity contribution in [2.24, 2.45) is 0 Å². The maximum absolute atomic E-state index is 12.7. The average molecular weight is 396 g/mol. The Labute approximate surface area is 162 Å². The molecule has 1 saturated heterocycles. The lowest BCUT2D eigenvalue weighted by Gasteiger charge is -2.33. The number of amides is 2. The Bertz CT molecular complexity index is 719. The minimum atomic E-state index is -0.634. The number of esters is 1. The Morgan fingerprint density at radius 1 is 1.35 bits per heavy atom. The molecule has 1 atom stereocenters. The summed E-state index contributed by atoms with van der Waals surface area (Å²) in [6, 6.07) is 6.23. The second-order valence-electron chi connectivity index (χ2n) is 6.05. The van der Waals surface area contributed by atoms with E-state index in [1.54, 1.807) is 13.0 Å². The van der Waals surface area contributed by atoms with Crippen LogP contribution in [0, 0.1) is 0 Å². The molecule has 1 aromatic rings. The average Bonchev–Trinajstić information content (AvgIpc) is 2.62. The van der Waals surface area contributed by atoms with Gasteiger partial charge in [-0.05, 0) is 18.6 Å². The highest BCUT2D eigenvalue weighted by atomic mass is 35.5. The van der Waals surface area contributed by atoms with Crippen molar-refractivity contribution in [1.29, 1.82) is 0 Å². The van der Waals surface area contributed by atoms with Gasteiger partial charge in [-0.15, -0.1) is 0 Å². The van der Waals surface area contributed by atoms with Crippen molar-refractivity contribution >= 4 is 35.4 Å². The van der Waals surface area contributed by atoms with Crippen LogP contribution in [0.3, 0.4) is 0 Å². The van der Waals surface area contributed by atoms with Gasteiger partial charge in [0, 0.05) is 41.9 Å². The lowest BCUT2D eigenvalue weighted by Crippen LogP contribution is -2.49. The zero-order valence-electron chi connectivity index (χ0n) is 14.6. The Kier molecular flexibility index (Phi) is 6.45. The second kappa shape index (κ2) is 8.79. The van der Waals surface area contributed by atoms with Crippen LogP contribution in [0.2, 0.25) is 5.02 Å². The van der Waals surface area contributed by atoms with Crippen molar-refractivity contribution in [3.05, 3.63) is 46.1 Å². The van der Waals surface area contributed by atoms with E-state index in [4.69, 9.17) is 16.3 Å². The molecule has 140 valence electrons. The van der Waals surface area contributed by atoms with Crippen LogP contribution < -0.4 is 10.6 Å². The molecule has 0 spiro atoms. The first kappa shape index (κ1) is 19.1. The van der Waals surface area contributed by atoms with Crippen molar-refractivity contribution in [3.8, 4) is 0 Å². The molecular weight excluding hydrogens is 374 g/mol. The highest BCUT2D eigenvalue weighted by Gasteiger charge is 2.35. The number of benzene rings is 1. The molecule has 0 radical (unpaired) electrons. The van der Waals surface area contributed by atoms with Crippen molar-refractivity contribution in [3.63, 3.8) is 0 Å². The van der Waals surface area contributed by atoms with Gasteiger partial charge in [-0.3, -0.25) is 4.90 Å². The molecule has 2 heterocycles. The number of nitrogens with one attached hydrogen (secondary N) is 2. The molecule has 0 aliphatic carbocycles. The third kappa shape index (κ3) is 4.34. The Morgan fingerprint density at radius 3 is 2.77 bits per heavy atom. The van der Waals surface area contributed by atoms with Gasteiger partial charge in [0.2, 0.25) is 0 Å². The molecule has 0 aromatic heterocycles. The molecule has 26 heavy (non-hydrogen) atoms. The SMILES string of the molecule is CCOC(=O)C1=C(CN2CCSCC2)NC(=O)NC1c1ccccc1Cl. The van der Waals surface area contributed by atoms with Crippen molar-refractivity contribution in [2.75, 3.05) is 37.7 Å². The van der Waals surface area contributed by atoms with E-state index in [0.717, 1.165) is 24.6 Å². The lowest BCUT2D eigenvalue weighted by atomic mass is 9.95. The number of carbonyl (C=O) groups is 2. The lowest BCUT2D eigenvalue weighted by molar-refractivity contribution is -0.139. The van der Waals surface area contributed by atoms with Gasteiger partial charge in [0.15, 0.2) is 0 Å². The molecule has 8 heteroatoms. The number of nitrogens with zero attached hydrogens (tertiary/aromatic N) is 1. The fraction of sp³-hybridized carbons (Fsp3) is 0.444. The minimum Gasteiger partial charge on any atom is -0.463 e. The van der Waals surface area contributed by atoms with E-state index < -0.39 is 12.0 Å². The maximum atomic E-state index is 12.7. The molecule has 1 unspecified atom stereocenters. The van der Waals surface area contributed by atoms with Crippen LogP contribution in [-0.2, 0) is 9.53 Å². The topological polar surface area (TPSA) is 70.7 Å². The van der Waals surface area contributed by atoms with Gasteiger partial charge < -0.3 is 15.4 Å². The van der Waals surface area contributed by atoms with Crippen LogP contribution >= 0.6 is 23.4 Å². The van der Waals surface area contributed by atoms with Gasteiger partial charge in [0.05, 0.1) is 18.2 Å². The van der Waals surface area contributed by atoms with Gasteiger partial charge in [-0.25, -0.2) is 9.59 Å². The van der Waals surface area contributed by atoms with Crippen LogP contribution in [-0.4, -0.2) is 54.6 Å². The number of rotatable bonds is 5. The number of urea groups is 1. The fourth-order valence-corrected chi connectivity index (χ4v) is 4.34. The number of hydrogen-bond donors (Lipinski definition) is 2. The number of carbonyl (C=O) groups excluding carboxylic acids is 2. The summed E-state index contributed by atoms with van der Waals surface area (Å²) in [4.78, 5) is 27.2. The molecule has 0 bridgehead atoms. The van der Waals surface area contributed by atoms with Crippen molar-refractivity contribution in [2.45, 2.75) is 13.0 Å². The number of ether oxygens (including phenoxy) is 1. The van der Waals surface area contributed by atoms with Crippen LogP contribution in [0.1, 0.15) is 18.5 Å². The highest BCUT2D eigenvalue weighted by molar-refractivity contribution is 7.99. The summed E-state index contributed by atoms with van der Waals surface area (Å²) >= 11 is 8.24. The maximum Gasteiger partial charge on any atom is 0.338 e. The van der Waals surface area contributed by atoms with Gasteiger partial charge >= 0.3 is 12.0 Å². The number of thioether (sulfide) groups is 1. The smallest absolute Gasteiger partial charge is 0.338 e. The molecule has 2 aliphatic rings. The molecule has 3 rings (SSSR count). The first-order valence-corrected chi connectivity index (χ1v) is 10.2. The normalized spacial score (nSPS) is 21.2. The standard InChI is InChI=1S/C18H22ClN3O3S/c1-2-25-17(23)15-14(11-22-7-9-26-10-8-22)20-18(24)21-16(15)12-5-3-4-6-13(12)19/h3-6,16H,2,7-11H2,1H3,(H2,20,21,24). The zero-order chi connectivity index (χ0) is 18.5. The van der Waals surface area contributed by atoms with Crippen LogP contribution in [0.4, 0.5) is 4.79 Å². The molecule has 2 N–H and O–H groups in total. The molecule has 1 fully saturated rings. The molecule has 1 aromatic carbocycles. The predicted octanol–water partition coefficient (Wildman–Crippen LogP) is 2.56. The largest absolute Gasteiger partial charge is 0.463 e. The van der Waals surface area contributed by atoms with E-state index in [2.05, 4.69) is 15.5 Å². The summed E-state index contributed by atoms with van der Waals surface area (Å²) in [5.41, 5.74) is 1.68. The van der Waals surface area contributed by atoms with Crippen molar-refractivity contribution in [1.82, 2.24) is 15.5 Å². The quantitative estimate of drug-likeness (QED) is 0.750. The van der Waals surface area contributed by atoms with Gasteiger partial charge in [0.25, 0.3) is 0 Å². The summed E-state index contributed by atoms with van der Waals surface area (Å²) in [5, 5.41) is 6.12. The third-order valence-corrected chi connectivity index (χ3v) is 5.64. The predicted molar refractivity (Wildman–Crippen MR) is 103 cm³/mol. The first-order chi connectivity index (χ1) is 12.6. The Balaban J connectivity index is 2.00. The minimum absolute atomic E-state index is 0.263. The summed E-state index contributed by atoms with van der Waals surface area (Å²) in [6.07, 6.45) is 0. The number of hydrogen-bond acceptors (Lipinski definition) is 5.